The first kappa shape index (κ1) is 18.3. The molecule has 0 saturated carbocycles. The SMILES string of the molecule is COC(C)C(=O)C1NCCc2c1sc(NC(=O)c1ccccc1)c2C#N. The van der Waals surface area contributed by atoms with E-state index in [0.29, 0.717) is 29.1 Å². The summed E-state index contributed by atoms with van der Waals surface area (Å²) in [5, 5.41) is 16.1. The number of rotatable bonds is 5. The van der Waals surface area contributed by atoms with Gasteiger partial charge in [-0.25, -0.2) is 0 Å². The van der Waals surface area contributed by atoms with Gasteiger partial charge in [-0.3, -0.25) is 9.59 Å². The van der Waals surface area contributed by atoms with Crippen LogP contribution in [0.15, 0.2) is 30.3 Å². The number of hydrogen-bond acceptors (Lipinski definition) is 6. The molecule has 2 aromatic rings. The van der Waals surface area contributed by atoms with Crippen molar-refractivity contribution >= 4 is 28.0 Å². The van der Waals surface area contributed by atoms with Gasteiger partial charge in [-0.2, -0.15) is 5.26 Å². The highest BCUT2D eigenvalue weighted by atomic mass is 32.1. The zero-order valence-corrected chi connectivity index (χ0v) is 15.4. The molecule has 0 bridgehead atoms. The van der Waals surface area contributed by atoms with Gasteiger partial charge in [-0.05, 0) is 31.0 Å². The van der Waals surface area contributed by atoms with Crippen LogP contribution in [0.2, 0.25) is 0 Å². The molecule has 1 amide bonds. The summed E-state index contributed by atoms with van der Waals surface area (Å²) in [6.45, 7) is 2.30. The molecule has 1 aliphatic rings. The molecule has 0 spiro atoms. The number of nitrogens with one attached hydrogen (secondary N) is 2. The maximum Gasteiger partial charge on any atom is 0.256 e. The summed E-state index contributed by atoms with van der Waals surface area (Å²) in [5.74, 6) is -0.359. The van der Waals surface area contributed by atoms with Crippen molar-refractivity contribution in [3.63, 3.8) is 0 Å². The number of Topliss-reactive ketones (excluding diaryl/α,β-unsaturated/α-hetero) is 1. The van der Waals surface area contributed by atoms with Crippen LogP contribution in [0, 0.1) is 11.3 Å². The molecule has 2 N–H and O–H groups in total. The summed E-state index contributed by atoms with van der Waals surface area (Å²) >= 11 is 1.28. The Hall–Kier alpha value is -2.53. The highest BCUT2D eigenvalue weighted by Crippen LogP contribution is 2.40. The van der Waals surface area contributed by atoms with Gasteiger partial charge in [0.2, 0.25) is 0 Å². The maximum absolute atomic E-state index is 12.6. The molecule has 2 atom stereocenters. The number of carbonyl (C=O) groups excluding carboxylic acids is 2. The second-order valence-corrected chi connectivity index (χ2v) is 7.05. The molecule has 26 heavy (non-hydrogen) atoms. The topological polar surface area (TPSA) is 91.2 Å². The summed E-state index contributed by atoms with van der Waals surface area (Å²) in [7, 11) is 1.49. The Balaban J connectivity index is 1.94. The van der Waals surface area contributed by atoms with Gasteiger partial charge < -0.3 is 15.4 Å². The number of methoxy groups -OCH3 is 1. The van der Waals surface area contributed by atoms with Gasteiger partial charge in [-0.1, -0.05) is 18.2 Å². The number of ether oxygens (including phenoxy) is 1. The average Bonchev–Trinajstić information content (AvgIpc) is 3.04. The van der Waals surface area contributed by atoms with Gasteiger partial charge in [0.1, 0.15) is 23.2 Å². The van der Waals surface area contributed by atoms with Crippen molar-refractivity contribution in [1.82, 2.24) is 5.32 Å². The molecule has 0 aliphatic carbocycles. The van der Waals surface area contributed by atoms with Crippen molar-refractivity contribution in [2.45, 2.75) is 25.5 Å². The van der Waals surface area contributed by atoms with Crippen LogP contribution < -0.4 is 10.6 Å². The van der Waals surface area contributed by atoms with E-state index >= 15 is 0 Å². The quantitative estimate of drug-likeness (QED) is 0.845. The number of carbonyl (C=O) groups is 2. The number of nitriles is 1. The fraction of sp³-hybridized carbons (Fsp3) is 0.316. The third kappa shape index (κ3) is 3.40. The molecule has 3 rings (SSSR count). The molecule has 1 aromatic carbocycles. The highest BCUT2D eigenvalue weighted by Gasteiger charge is 2.34. The lowest BCUT2D eigenvalue weighted by Crippen LogP contribution is -2.39. The predicted octanol–water partition coefficient (Wildman–Crippen LogP) is 2.66. The zero-order chi connectivity index (χ0) is 18.7. The molecule has 7 heteroatoms. The van der Waals surface area contributed by atoms with Gasteiger partial charge in [0, 0.05) is 24.1 Å². The standard InChI is InChI=1S/C19H19N3O3S/c1-11(25-2)16(23)15-17-13(8-9-21-15)14(10-20)19(26-17)22-18(24)12-6-4-3-5-7-12/h3-7,11,15,21H,8-9H2,1-2H3,(H,22,24). The third-order valence-corrected chi connectivity index (χ3v) is 5.65. The van der Waals surface area contributed by atoms with Gasteiger partial charge in [0.25, 0.3) is 5.91 Å². The number of fused-ring (bicyclic) bond motifs is 1. The van der Waals surface area contributed by atoms with Crippen molar-refractivity contribution < 1.29 is 14.3 Å². The number of ketones is 1. The summed E-state index contributed by atoms with van der Waals surface area (Å²) in [4.78, 5) is 25.8. The fourth-order valence-electron chi connectivity index (χ4n) is 2.95. The maximum atomic E-state index is 12.6. The van der Waals surface area contributed by atoms with Crippen LogP contribution in [0.1, 0.15) is 39.3 Å². The summed E-state index contributed by atoms with van der Waals surface area (Å²) in [5.41, 5.74) is 1.79. The van der Waals surface area contributed by atoms with Crippen LogP contribution >= 0.6 is 11.3 Å². The number of hydrogen-bond donors (Lipinski definition) is 2. The molecule has 0 saturated heterocycles. The third-order valence-electron chi connectivity index (χ3n) is 4.44. The number of amides is 1. The predicted molar refractivity (Wildman–Crippen MR) is 99.4 cm³/mol. The van der Waals surface area contributed by atoms with E-state index in [0.717, 1.165) is 10.4 Å². The Bertz CT molecular complexity index is 870. The Labute approximate surface area is 155 Å². The number of thiophene rings is 1. The van der Waals surface area contributed by atoms with Gasteiger partial charge >= 0.3 is 0 Å². The molecular formula is C19H19N3O3S. The van der Waals surface area contributed by atoms with Crippen molar-refractivity contribution in [3.8, 4) is 6.07 Å². The Morgan fingerprint density at radius 3 is 2.77 bits per heavy atom. The normalized spacial score (nSPS) is 17.0. The van der Waals surface area contributed by atoms with Crippen molar-refractivity contribution in [2.75, 3.05) is 19.0 Å². The first-order valence-electron chi connectivity index (χ1n) is 8.28. The molecule has 0 fully saturated rings. The monoisotopic (exact) mass is 369 g/mol. The van der Waals surface area contributed by atoms with Crippen LogP contribution in [-0.4, -0.2) is 31.4 Å². The molecule has 1 aromatic heterocycles. The van der Waals surface area contributed by atoms with Crippen molar-refractivity contribution in [2.24, 2.45) is 0 Å². The Morgan fingerprint density at radius 1 is 1.38 bits per heavy atom. The van der Waals surface area contributed by atoms with Crippen molar-refractivity contribution in [1.29, 1.82) is 5.26 Å². The van der Waals surface area contributed by atoms with E-state index in [1.807, 2.05) is 6.07 Å². The molecule has 134 valence electrons. The van der Waals surface area contributed by atoms with E-state index in [1.165, 1.54) is 18.4 Å². The van der Waals surface area contributed by atoms with Crippen LogP contribution in [0.4, 0.5) is 5.00 Å². The van der Waals surface area contributed by atoms with E-state index in [9.17, 15) is 14.9 Å². The van der Waals surface area contributed by atoms with Crippen LogP contribution in [0.25, 0.3) is 0 Å². The number of benzene rings is 1. The Kier molecular flexibility index (Phi) is 5.47. The van der Waals surface area contributed by atoms with Crippen molar-refractivity contribution in [3.05, 3.63) is 51.9 Å². The van der Waals surface area contributed by atoms with Gasteiger partial charge in [0.05, 0.1) is 5.56 Å². The number of nitrogens with zero attached hydrogens (tertiary/aromatic N) is 1. The fourth-order valence-corrected chi connectivity index (χ4v) is 4.23. The van der Waals surface area contributed by atoms with Crippen LogP contribution in [0.5, 0.6) is 0 Å². The molecule has 2 unspecified atom stereocenters. The minimum Gasteiger partial charge on any atom is -0.374 e. The number of anilines is 1. The summed E-state index contributed by atoms with van der Waals surface area (Å²) < 4.78 is 5.15. The Morgan fingerprint density at radius 2 is 2.12 bits per heavy atom. The van der Waals surface area contributed by atoms with Gasteiger partial charge in [0.15, 0.2) is 5.78 Å². The lowest BCUT2D eigenvalue weighted by molar-refractivity contribution is -0.130. The van der Waals surface area contributed by atoms with Gasteiger partial charge in [-0.15, -0.1) is 11.3 Å². The van der Waals surface area contributed by atoms with E-state index in [1.54, 1.807) is 31.2 Å². The minimum atomic E-state index is -0.548. The molecule has 0 radical (unpaired) electrons. The smallest absolute Gasteiger partial charge is 0.256 e. The van der Waals surface area contributed by atoms with Crippen LogP contribution in [0.3, 0.4) is 0 Å². The largest absolute Gasteiger partial charge is 0.374 e. The first-order chi connectivity index (χ1) is 12.6. The average molecular weight is 369 g/mol. The first-order valence-corrected chi connectivity index (χ1v) is 9.10. The molecule has 6 nitrogen and oxygen atoms in total. The zero-order valence-electron chi connectivity index (χ0n) is 14.5. The summed E-state index contributed by atoms with van der Waals surface area (Å²) in [6.07, 6.45) is 0.0922. The second-order valence-electron chi connectivity index (χ2n) is 6.00. The molecular weight excluding hydrogens is 350 g/mol. The lowest BCUT2D eigenvalue weighted by Gasteiger charge is -2.24. The lowest BCUT2D eigenvalue weighted by atomic mass is 9.95. The van der Waals surface area contributed by atoms with E-state index in [2.05, 4.69) is 16.7 Å². The van der Waals surface area contributed by atoms with E-state index in [4.69, 9.17) is 4.74 Å². The molecule has 1 aliphatic heterocycles. The minimum absolute atomic E-state index is 0.0832. The van der Waals surface area contributed by atoms with E-state index in [-0.39, 0.29) is 11.7 Å². The summed E-state index contributed by atoms with van der Waals surface area (Å²) in [6, 6.07) is 10.5. The highest BCUT2D eigenvalue weighted by molar-refractivity contribution is 7.17. The van der Waals surface area contributed by atoms with Crippen LogP contribution in [-0.2, 0) is 16.0 Å². The molecule has 2 heterocycles. The second kappa shape index (κ2) is 7.79. The van der Waals surface area contributed by atoms with E-state index < -0.39 is 12.1 Å².